The summed E-state index contributed by atoms with van der Waals surface area (Å²) in [5.41, 5.74) is 7.48. The molecular weight excluding hydrogens is 356 g/mol. The molecule has 1 aromatic heterocycles. The second-order valence-corrected chi connectivity index (χ2v) is 5.87. The van der Waals surface area contributed by atoms with Crippen molar-refractivity contribution in [3.63, 3.8) is 0 Å². The number of nitrogens with one attached hydrogen (secondary N) is 1. The molecule has 0 saturated carbocycles. The van der Waals surface area contributed by atoms with E-state index in [0.29, 0.717) is 11.1 Å². The molecule has 3 aromatic rings. The van der Waals surface area contributed by atoms with Crippen LogP contribution in [0.1, 0.15) is 21.5 Å². The van der Waals surface area contributed by atoms with E-state index in [-0.39, 0.29) is 22.5 Å². The Kier molecular flexibility index (Phi) is 4.93. The van der Waals surface area contributed by atoms with Gasteiger partial charge in [0.2, 0.25) is 0 Å². The number of pyridine rings is 1. The number of aromatic amines is 1. The van der Waals surface area contributed by atoms with Gasteiger partial charge < -0.3 is 15.5 Å². The van der Waals surface area contributed by atoms with Crippen molar-refractivity contribution < 1.29 is 9.53 Å². The molecule has 28 heavy (non-hydrogen) atoms. The van der Waals surface area contributed by atoms with Gasteiger partial charge in [0.05, 0.1) is 12.7 Å². The van der Waals surface area contributed by atoms with Crippen LogP contribution >= 0.6 is 0 Å². The highest BCUT2D eigenvalue weighted by Gasteiger charge is 2.18. The fourth-order valence-corrected chi connectivity index (χ4v) is 2.93. The van der Waals surface area contributed by atoms with Crippen LogP contribution in [0.25, 0.3) is 22.3 Å². The summed E-state index contributed by atoms with van der Waals surface area (Å²) in [5.74, 6) is -0.557. The van der Waals surface area contributed by atoms with Crippen LogP contribution in [0.4, 0.5) is 5.82 Å². The minimum atomic E-state index is -0.660. The second-order valence-electron chi connectivity index (χ2n) is 5.87. The van der Waals surface area contributed by atoms with E-state index in [9.17, 15) is 20.1 Å². The zero-order valence-corrected chi connectivity index (χ0v) is 14.8. The maximum absolute atomic E-state index is 12.1. The van der Waals surface area contributed by atoms with Gasteiger partial charge in [0.25, 0.3) is 5.56 Å². The second kappa shape index (κ2) is 7.48. The molecule has 0 aliphatic heterocycles. The predicted octanol–water partition coefficient (Wildman–Crippen LogP) is 2.82. The highest BCUT2D eigenvalue weighted by atomic mass is 16.5. The molecule has 2 aromatic carbocycles. The number of nitrogens with two attached hydrogens (primary N) is 1. The number of ether oxygens (including phenoxy) is 1. The average molecular weight is 370 g/mol. The predicted molar refractivity (Wildman–Crippen MR) is 103 cm³/mol. The number of hydrogen-bond acceptors (Lipinski definition) is 6. The number of anilines is 1. The Hall–Kier alpha value is -4.36. The topological polar surface area (TPSA) is 133 Å². The van der Waals surface area contributed by atoms with Crippen molar-refractivity contribution in [3.05, 3.63) is 75.6 Å². The van der Waals surface area contributed by atoms with Gasteiger partial charge in [-0.3, -0.25) is 4.79 Å². The third-order valence-corrected chi connectivity index (χ3v) is 4.24. The van der Waals surface area contributed by atoms with Crippen LogP contribution in [0.3, 0.4) is 0 Å². The van der Waals surface area contributed by atoms with Gasteiger partial charge in [0, 0.05) is 5.56 Å². The number of hydrogen-bond donors (Lipinski definition) is 2. The number of methoxy groups -OCH3 is 1. The molecule has 0 unspecified atom stereocenters. The molecule has 0 aliphatic carbocycles. The van der Waals surface area contributed by atoms with E-state index in [2.05, 4.69) is 4.98 Å². The first-order valence-electron chi connectivity index (χ1n) is 8.15. The van der Waals surface area contributed by atoms with Gasteiger partial charge in [-0.15, -0.1) is 0 Å². The van der Waals surface area contributed by atoms with Gasteiger partial charge in [-0.2, -0.15) is 10.5 Å². The van der Waals surface area contributed by atoms with Crippen molar-refractivity contribution >= 4 is 11.8 Å². The maximum atomic E-state index is 12.1. The van der Waals surface area contributed by atoms with Crippen molar-refractivity contribution in [1.82, 2.24) is 4.98 Å². The lowest BCUT2D eigenvalue weighted by atomic mass is 9.93. The first kappa shape index (κ1) is 18.4. The molecule has 0 fully saturated rings. The molecule has 1 heterocycles. The minimum Gasteiger partial charge on any atom is -0.465 e. The number of aromatic nitrogens is 1. The summed E-state index contributed by atoms with van der Waals surface area (Å²) in [6.07, 6.45) is 0. The number of benzene rings is 2. The Morgan fingerprint density at radius 2 is 1.61 bits per heavy atom. The molecule has 0 radical (unpaired) electrons. The summed E-state index contributed by atoms with van der Waals surface area (Å²) in [5, 5.41) is 18.9. The van der Waals surface area contributed by atoms with Crippen LogP contribution in [-0.2, 0) is 4.74 Å². The largest absolute Gasteiger partial charge is 0.465 e. The third kappa shape index (κ3) is 3.20. The fraction of sp³-hybridized carbons (Fsp3) is 0.0476. The molecule has 3 N–H and O–H groups in total. The zero-order chi connectivity index (χ0) is 20.3. The van der Waals surface area contributed by atoms with Crippen molar-refractivity contribution in [2.45, 2.75) is 0 Å². The summed E-state index contributed by atoms with van der Waals surface area (Å²) < 4.78 is 4.74. The summed E-state index contributed by atoms with van der Waals surface area (Å²) in [4.78, 5) is 26.2. The zero-order valence-electron chi connectivity index (χ0n) is 14.8. The molecular formula is C21H14N4O3. The summed E-state index contributed by atoms with van der Waals surface area (Å²) in [7, 11) is 1.31. The quantitative estimate of drug-likeness (QED) is 0.681. The summed E-state index contributed by atoms with van der Waals surface area (Å²) >= 11 is 0. The van der Waals surface area contributed by atoms with E-state index >= 15 is 0 Å². The van der Waals surface area contributed by atoms with Crippen LogP contribution in [0.5, 0.6) is 0 Å². The van der Waals surface area contributed by atoms with Gasteiger partial charge in [-0.25, -0.2) is 4.79 Å². The Labute approximate surface area is 160 Å². The van der Waals surface area contributed by atoms with Crippen LogP contribution in [0.15, 0.2) is 53.3 Å². The highest BCUT2D eigenvalue weighted by Crippen LogP contribution is 2.31. The van der Waals surface area contributed by atoms with Crippen LogP contribution in [0.2, 0.25) is 0 Å². The molecule has 0 amide bonds. The van der Waals surface area contributed by atoms with Crippen molar-refractivity contribution in [2.75, 3.05) is 12.8 Å². The van der Waals surface area contributed by atoms with E-state index in [1.165, 1.54) is 7.11 Å². The number of rotatable bonds is 3. The fourth-order valence-electron chi connectivity index (χ4n) is 2.93. The molecule has 0 bridgehead atoms. The van der Waals surface area contributed by atoms with Gasteiger partial charge in [0.15, 0.2) is 0 Å². The summed E-state index contributed by atoms with van der Waals surface area (Å²) in [6, 6.07) is 17.6. The number of carbonyl (C=O) groups is 1. The van der Waals surface area contributed by atoms with Crippen molar-refractivity contribution in [3.8, 4) is 34.4 Å². The maximum Gasteiger partial charge on any atom is 0.337 e. The van der Waals surface area contributed by atoms with Crippen molar-refractivity contribution in [2.24, 2.45) is 0 Å². The average Bonchev–Trinajstić information content (AvgIpc) is 2.73. The Bertz CT molecular complexity index is 1230. The lowest BCUT2D eigenvalue weighted by Gasteiger charge is -2.11. The van der Waals surface area contributed by atoms with Gasteiger partial charge >= 0.3 is 5.97 Å². The normalized spacial score (nSPS) is 9.96. The number of carbonyl (C=O) groups excluding carboxylic acids is 1. The van der Waals surface area contributed by atoms with Crippen molar-refractivity contribution in [1.29, 1.82) is 10.5 Å². The van der Waals surface area contributed by atoms with Crippen LogP contribution in [-0.4, -0.2) is 18.1 Å². The third-order valence-electron chi connectivity index (χ3n) is 4.24. The van der Waals surface area contributed by atoms with E-state index in [1.54, 1.807) is 36.4 Å². The smallest absolute Gasteiger partial charge is 0.337 e. The summed E-state index contributed by atoms with van der Waals surface area (Å²) in [6.45, 7) is 0. The van der Waals surface area contributed by atoms with Crippen LogP contribution < -0.4 is 11.3 Å². The SMILES string of the molecule is COC(=O)c1cccc(-c2cccc(-c3c(C#N)c(N)[nH]c(=O)c3C#N)c2)c1. The monoisotopic (exact) mass is 370 g/mol. The Morgan fingerprint density at radius 3 is 2.25 bits per heavy atom. The molecule has 0 atom stereocenters. The molecule has 3 rings (SSSR count). The first-order chi connectivity index (χ1) is 13.5. The lowest BCUT2D eigenvalue weighted by molar-refractivity contribution is 0.0601. The van der Waals surface area contributed by atoms with E-state index in [1.807, 2.05) is 24.3 Å². The first-order valence-corrected chi connectivity index (χ1v) is 8.15. The number of nitrogens with zero attached hydrogens (tertiary/aromatic N) is 2. The van der Waals surface area contributed by atoms with Gasteiger partial charge in [-0.05, 0) is 34.9 Å². The molecule has 0 saturated heterocycles. The number of nitriles is 2. The molecule has 0 spiro atoms. The number of esters is 1. The van der Waals surface area contributed by atoms with E-state index in [4.69, 9.17) is 10.5 Å². The number of H-pyrrole nitrogens is 1. The molecule has 136 valence electrons. The standard InChI is InChI=1S/C21H14N4O3/c1-28-21(27)15-7-3-5-13(9-15)12-4-2-6-14(8-12)18-16(10-22)19(24)25-20(26)17(18)11-23/h2-9H,1H3,(H3,24,25,26). The molecule has 7 nitrogen and oxygen atoms in total. The van der Waals surface area contributed by atoms with E-state index in [0.717, 1.165) is 11.1 Å². The van der Waals surface area contributed by atoms with Gasteiger partial charge in [0.1, 0.15) is 29.1 Å². The Balaban J connectivity index is 2.22. The minimum absolute atomic E-state index is 0.0246. The number of nitrogen functional groups attached to an aromatic ring is 1. The highest BCUT2D eigenvalue weighted by molar-refractivity contribution is 5.91. The molecule has 7 heteroatoms. The van der Waals surface area contributed by atoms with Gasteiger partial charge in [-0.1, -0.05) is 30.3 Å². The Morgan fingerprint density at radius 1 is 1.00 bits per heavy atom. The van der Waals surface area contributed by atoms with Crippen LogP contribution in [0, 0.1) is 22.7 Å². The lowest BCUT2D eigenvalue weighted by Crippen LogP contribution is -2.16. The van der Waals surface area contributed by atoms with E-state index < -0.39 is 11.5 Å². The molecule has 0 aliphatic rings.